The van der Waals surface area contributed by atoms with E-state index >= 15 is 0 Å². The first-order chi connectivity index (χ1) is 8.09. The van der Waals surface area contributed by atoms with Gasteiger partial charge >= 0.3 is 6.18 Å². The van der Waals surface area contributed by atoms with Gasteiger partial charge in [0.15, 0.2) is 9.84 Å². The van der Waals surface area contributed by atoms with Crippen LogP contribution in [0.4, 0.5) is 13.2 Å². The molecule has 4 nitrogen and oxygen atoms in total. The van der Waals surface area contributed by atoms with E-state index in [2.05, 4.69) is 0 Å². The number of alkyl halides is 3. The van der Waals surface area contributed by atoms with Gasteiger partial charge in [0, 0.05) is 0 Å². The van der Waals surface area contributed by atoms with Crippen molar-refractivity contribution in [1.82, 2.24) is 0 Å². The summed E-state index contributed by atoms with van der Waals surface area (Å²) in [7, 11) is -3.96. The molecule has 0 aliphatic carbocycles. The van der Waals surface area contributed by atoms with Gasteiger partial charge in [0.2, 0.25) is 5.91 Å². The van der Waals surface area contributed by atoms with Crippen LogP contribution in [-0.4, -0.2) is 20.1 Å². The Morgan fingerprint density at radius 2 is 1.89 bits per heavy atom. The van der Waals surface area contributed by atoms with Gasteiger partial charge in [-0.2, -0.15) is 13.2 Å². The van der Waals surface area contributed by atoms with E-state index < -0.39 is 43.7 Å². The number of carbonyl (C=O) groups excluding carboxylic acids is 1. The minimum absolute atomic E-state index is 0.422. The highest BCUT2D eigenvalue weighted by molar-refractivity contribution is 7.91. The van der Waals surface area contributed by atoms with Gasteiger partial charge < -0.3 is 5.73 Å². The molecule has 1 aromatic rings. The molecule has 0 aromatic heterocycles. The molecule has 0 spiro atoms. The Bertz CT molecular complexity index is 579. The maximum Gasteiger partial charge on any atom is 0.416 e. The highest BCUT2D eigenvalue weighted by atomic mass is 32.2. The van der Waals surface area contributed by atoms with Crippen molar-refractivity contribution in [3.05, 3.63) is 29.3 Å². The standard InChI is InChI=1S/C10H10F3NO3S/c1-2-18(16,17)8-5-6(10(11,12)13)3-4-7(8)9(14)15/h3-5H,2H2,1H3,(H2,14,15). The third-order valence-corrected chi connectivity index (χ3v) is 4.06. The zero-order valence-corrected chi connectivity index (χ0v) is 10.1. The molecule has 8 heteroatoms. The minimum Gasteiger partial charge on any atom is -0.366 e. The molecule has 0 aliphatic rings. The summed E-state index contributed by atoms with van der Waals surface area (Å²) in [6, 6.07) is 1.82. The number of amides is 1. The molecule has 0 saturated carbocycles. The highest BCUT2D eigenvalue weighted by Crippen LogP contribution is 2.32. The number of nitrogens with two attached hydrogens (primary N) is 1. The van der Waals surface area contributed by atoms with Crippen LogP contribution in [-0.2, 0) is 16.0 Å². The van der Waals surface area contributed by atoms with Crippen LogP contribution in [0.1, 0.15) is 22.8 Å². The van der Waals surface area contributed by atoms with Crippen molar-refractivity contribution in [1.29, 1.82) is 0 Å². The fourth-order valence-corrected chi connectivity index (χ4v) is 2.44. The molecule has 0 saturated heterocycles. The first-order valence-corrected chi connectivity index (χ1v) is 6.48. The molecule has 0 bridgehead atoms. The van der Waals surface area contributed by atoms with E-state index in [9.17, 15) is 26.4 Å². The lowest BCUT2D eigenvalue weighted by molar-refractivity contribution is -0.137. The fourth-order valence-electron chi connectivity index (χ4n) is 1.32. The summed E-state index contributed by atoms with van der Waals surface area (Å²) in [5.74, 6) is -1.51. The predicted octanol–water partition coefficient (Wildman–Crippen LogP) is 1.60. The van der Waals surface area contributed by atoms with Gasteiger partial charge in [-0.25, -0.2) is 8.42 Å². The van der Waals surface area contributed by atoms with E-state index in [0.717, 1.165) is 6.07 Å². The zero-order valence-electron chi connectivity index (χ0n) is 9.28. The van der Waals surface area contributed by atoms with E-state index in [1.54, 1.807) is 0 Å². The number of halogens is 3. The maximum atomic E-state index is 12.5. The Hall–Kier alpha value is -1.57. The van der Waals surface area contributed by atoms with Crippen LogP contribution in [0.15, 0.2) is 23.1 Å². The minimum atomic E-state index is -4.69. The lowest BCUT2D eigenvalue weighted by Gasteiger charge is -2.11. The third kappa shape index (κ3) is 2.81. The molecule has 0 radical (unpaired) electrons. The maximum absolute atomic E-state index is 12.5. The Morgan fingerprint density at radius 1 is 1.33 bits per heavy atom. The second kappa shape index (κ2) is 4.60. The monoisotopic (exact) mass is 281 g/mol. The number of hydrogen-bond acceptors (Lipinski definition) is 3. The second-order valence-electron chi connectivity index (χ2n) is 3.48. The topological polar surface area (TPSA) is 77.2 Å². The summed E-state index contributed by atoms with van der Waals surface area (Å²) >= 11 is 0. The van der Waals surface area contributed by atoms with Gasteiger partial charge in [0.05, 0.1) is 21.8 Å². The van der Waals surface area contributed by atoms with Crippen molar-refractivity contribution in [2.24, 2.45) is 5.73 Å². The normalized spacial score (nSPS) is 12.4. The molecule has 0 heterocycles. The Labute approximate surface area is 102 Å². The zero-order chi connectivity index (χ0) is 14.1. The van der Waals surface area contributed by atoms with Crippen LogP contribution >= 0.6 is 0 Å². The van der Waals surface area contributed by atoms with Crippen molar-refractivity contribution in [3.8, 4) is 0 Å². The van der Waals surface area contributed by atoms with Crippen LogP contribution in [0, 0.1) is 0 Å². The molecule has 1 aromatic carbocycles. The van der Waals surface area contributed by atoms with E-state index in [4.69, 9.17) is 5.73 Å². The smallest absolute Gasteiger partial charge is 0.366 e. The SMILES string of the molecule is CCS(=O)(=O)c1cc(C(F)(F)F)ccc1C(N)=O. The quantitative estimate of drug-likeness (QED) is 0.914. The number of benzene rings is 1. The molecular formula is C10H10F3NO3S. The predicted molar refractivity (Wildman–Crippen MR) is 57.7 cm³/mol. The summed E-state index contributed by atoms with van der Waals surface area (Å²) in [5.41, 5.74) is 3.36. The molecule has 0 aliphatic heterocycles. The Balaban J connectivity index is 3.59. The molecule has 0 atom stereocenters. The number of hydrogen-bond donors (Lipinski definition) is 1. The van der Waals surface area contributed by atoms with E-state index in [-0.39, 0.29) is 0 Å². The molecule has 0 unspecified atom stereocenters. The van der Waals surface area contributed by atoms with E-state index in [0.29, 0.717) is 12.1 Å². The van der Waals surface area contributed by atoms with Gasteiger partial charge in [0.1, 0.15) is 0 Å². The summed E-state index contributed by atoms with van der Waals surface area (Å²) < 4.78 is 60.7. The lowest BCUT2D eigenvalue weighted by atomic mass is 10.1. The number of primary amides is 1. The Kier molecular flexibility index (Phi) is 3.70. The number of carbonyl (C=O) groups is 1. The third-order valence-electron chi connectivity index (χ3n) is 2.29. The summed E-state index contributed by atoms with van der Waals surface area (Å²) in [6.45, 7) is 1.26. The lowest BCUT2D eigenvalue weighted by Crippen LogP contribution is -2.18. The van der Waals surface area contributed by atoms with Crippen LogP contribution in [0.5, 0.6) is 0 Å². The summed E-state index contributed by atoms with van der Waals surface area (Å²) in [6.07, 6.45) is -4.69. The van der Waals surface area contributed by atoms with Gasteiger partial charge in [-0.15, -0.1) is 0 Å². The second-order valence-corrected chi connectivity index (χ2v) is 5.72. The van der Waals surface area contributed by atoms with Crippen LogP contribution in [0.3, 0.4) is 0 Å². The summed E-state index contributed by atoms with van der Waals surface area (Å²) in [4.78, 5) is 10.3. The Morgan fingerprint density at radius 3 is 2.28 bits per heavy atom. The average Bonchev–Trinajstić information content (AvgIpc) is 2.27. The van der Waals surface area contributed by atoms with Crippen molar-refractivity contribution < 1.29 is 26.4 Å². The fraction of sp³-hybridized carbons (Fsp3) is 0.300. The van der Waals surface area contributed by atoms with Crippen LogP contribution < -0.4 is 5.73 Å². The van der Waals surface area contributed by atoms with Crippen molar-refractivity contribution in [2.75, 3.05) is 5.75 Å². The highest BCUT2D eigenvalue weighted by Gasteiger charge is 2.33. The van der Waals surface area contributed by atoms with Crippen LogP contribution in [0.2, 0.25) is 0 Å². The number of rotatable bonds is 3. The van der Waals surface area contributed by atoms with Gasteiger partial charge in [-0.3, -0.25) is 4.79 Å². The van der Waals surface area contributed by atoms with Crippen molar-refractivity contribution in [3.63, 3.8) is 0 Å². The first kappa shape index (κ1) is 14.5. The first-order valence-electron chi connectivity index (χ1n) is 4.83. The molecular weight excluding hydrogens is 271 g/mol. The molecule has 2 N–H and O–H groups in total. The van der Waals surface area contributed by atoms with Gasteiger partial charge in [0.25, 0.3) is 0 Å². The summed E-state index contributed by atoms with van der Waals surface area (Å²) in [5, 5.41) is 0. The molecule has 0 fully saturated rings. The molecule has 100 valence electrons. The molecule has 1 rings (SSSR count). The molecule has 18 heavy (non-hydrogen) atoms. The van der Waals surface area contributed by atoms with Crippen LogP contribution in [0.25, 0.3) is 0 Å². The number of sulfone groups is 1. The van der Waals surface area contributed by atoms with E-state index in [1.165, 1.54) is 6.92 Å². The molecule has 1 amide bonds. The van der Waals surface area contributed by atoms with E-state index in [1.807, 2.05) is 0 Å². The van der Waals surface area contributed by atoms with Crippen molar-refractivity contribution in [2.45, 2.75) is 18.0 Å². The van der Waals surface area contributed by atoms with Crippen molar-refractivity contribution >= 4 is 15.7 Å². The largest absolute Gasteiger partial charge is 0.416 e. The van der Waals surface area contributed by atoms with Gasteiger partial charge in [-0.1, -0.05) is 6.92 Å². The average molecular weight is 281 g/mol. The van der Waals surface area contributed by atoms with Gasteiger partial charge in [-0.05, 0) is 18.2 Å².